The first-order valence-electron chi connectivity index (χ1n) is 7.39. The van der Waals surface area contributed by atoms with Crippen LogP contribution in [-0.4, -0.2) is 31.4 Å². The highest BCUT2D eigenvalue weighted by molar-refractivity contribution is 9.11. The molecule has 0 atom stereocenters. The zero-order valence-corrected chi connectivity index (χ0v) is 15.9. The Morgan fingerprint density at radius 3 is 2.67 bits per heavy atom. The molecule has 1 N–H and O–H groups in total. The van der Waals surface area contributed by atoms with Crippen molar-refractivity contribution < 1.29 is 8.42 Å². The van der Waals surface area contributed by atoms with Gasteiger partial charge in [0.05, 0.1) is 3.79 Å². The van der Waals surface area contributed by atoms with Crippen molar-refractivity contribution in [1.82, 2.24) is 9.62 Å². The molecule has 0 saturated heterocycles. The molecule has 7 heteroatoms. The number of sulfonamides is 1. The van der Waals surface area contributed by atoms with Gasteiger partial charge in [-0.1, -0.05) is 20.8 Å². The lowest BCUT2D eigenvalue weighted by atomic mass is 10.4. The van der Waals surface area contributed by atoms with E-state index in [1.54, 1.807) is 4.31 Å². The van der Waals surface area contributed by atoms with Crippen LogP contribution in [0.15, 0.2) is 14.7 Å². The number of nitrogens with zero attached hydrogens (tertiary/aromatic N) is 1. The molecule has 1 aliphatic rings. The van der Waals surface area contributed by atoms with Crippen molar-refractivity contribution in [3.8, 4) is 0 Å². The molecule has 1 saturated carbocycles. The van der Waals surface area contributed by atoms with Gasteiger partial charge in [-0.2, -0.15) is 4.31 Å². The molecule has 1 aromatic rings. The lowest BCUT2D eigenvalue weighted by molar-refractivity contribution is 0.403. The van der Waals surface area contributed by atoms with Crippen LogP contribution in [0, 0.1) is 0 Å². The monoisotopic (exact) mass is 394 g/mol. The number of rotatable bonds is 8. The Morgan fingerprint density at radius 1 is 1.48 bits per heavy atom. The second-order valence-corrected chi connectivity index (χ2v) is 10.0. The predicted octanol–water partition coefficient (Wildman–Crippen LogP) is 3.57. The molecular weight excluding hydrogens is 372 g/mol. The molecule has 0 spiro atoms. The molecule has 1 fully saturated rings. The quantitative estimate of drug-likeness (QED) is 0.732. The highest BCUT2D eigenvalue weighted by Crippen LogP contribution is 2.38. The summed E-state index contributed by atoms with van der Waals surface area (Å²) >= 11 is 4.93. The summed E-state index contributed by atoms with van der Waals surface area (Å²) in [6, 6.07) is 2.40. The number of halogens is 1. The number of hydrogen-bond acceptors (Lipinski definition) is 4. The summed E-state index contributed by atoms with van der Waals surface area (Å²) < 4.78 is 28.1. The smallest absolute Gasteiger partial charge is 0.245 e. The van der Waals surface area contributed by atoms with E-state index < -0.39 is 10.0 Å². The first kappa shape index (κ1) is 17.4. The standard InChI is InChI=1S/C14H23BrN2O2S2/c1-4-7-17(11-5-6-11)21(18,19)13-8-12(20-14(13)15)9-16-10(2)3/h8,10-11,16H,4-7,9H2,1-3H3. The molecule has 2 rings (SSSR count). The average Bonchev–Trinajstić information content (AvgIpc) is 3.16. The third kappa shape index (κ3) is 4.28. The first-order valence-corrected chi connectivity index (χ1v) is 10.4. The third-order valence-electron chi connectivity index (χ3n) is 3.38. The van der Waals surface area contributed by atoms with Crippen LogP contribution in [0.3, 0.4) is 0 Å². The average molecular weight is 395 g/mol. The lowest BCUT2D eigenvalue weighted by Gasteiger charge is -2.20. The highest BCUT2D eigenvalue weighted by atomic mass is 79.9. The molecular formula is C14H23BrN2O2S2. The highest BCUT2D eigenvalue weighted by Gasteiger charge is 2.38. The fourth-order valence-corrected chi connectivity index (χ4v) is 6.54. The van der Waals surface area contributed by atoms with Crippen LogP contribution < -0.4 is 5.32 Å². The van der Waals surface area contributed by atoms with Crippen LogP contribution >= 0.6 is 27.3 Å². The third-order valence-corrected chi connectivity index (χ3v) is 7.58. The predicted molar refractivity (Wildman–Crippen MR) is 91.2 cm³/mol. The van der Waals surface area contributed by atoms with Gasteiger partial charge in [0.15, 0.2) is 0 Å². The van der Waals surface area contributed by atoms with Crippen molar-refractivity contribution in [3.63, 3.8) is 0 Å². The molecule has 0 amide bonds. The van der Waals surface area contributed by atoms with Gasteiger partial charge in [-0.15, -0.1) is 11.3 Å². The Morgan fingerprint density at radius 2 is 2.14 bits per heavy atom. The molecule has 0 bridgehead atoms. The summed E-state index contributed by atoms with van der Waals surface area (Å²) in [5.41, 5.74) is 0. The topological polar surface area (TPSA) is 49.4 Å². The number of hydrogen-bond donors (Lipinski definition) is 1. The van der Waals surface area contributed by atoms with E-state index in [2.05, 4.69) is 35.1 Å². The molecule has 4 nitrogen and oxygen atoms in total. The van der Waals surface area contributed by atoms with Crippen molar-refractivity contribution in [3.05, 3.63) is 14.7 Å². The van der Waals surface area contributed by atoms with E-state index in [1.807, 2.05) is 13.0 Å². The molecule has 1 aliphatic carbocycles. The van der Waals surface area contributed by atoms with Gasteiger partial charge in [0.1, 0.15) is 4.90 Å². The van der Waals surface area contributed by atoms with Crippen molar-refractivity contribution >= 4 is 37.3 Å². The van der Waals surface area contributed by atoms with Crippen LogP contribution in [0.1, 0.15) is 44.9 Å². The van der Waals surface area contributed by atoms with Crippen molar-refractivity contribution in [2.24, 2.45) is 0 Å². The summed E-state index contributed by atoms with van der Waals surface area (Å²) in [5.74, 6) is 0. The minimum absolute atomic E-state index is 0.207. The maximum absolute atomic E-state index is 12.9. The Kier molecular flexibility index (Phi) is 5.87. The number of thiophene rings is 1. The second-order valence-electron chi connectivity index (χ2n) is 5.73. The van der Waals surface area contributed by atoms with Crippen molar-refractivity contribution in [2.45, 2.75) is 63.6 Å². The van der Waals surface area contributed by atoms with Gasteiger partial charge in [-0.25, -0.2) is 8.42 Å². The van der Waals surface area contributed by atoms with Gasteiger partial charge < -0.3 is 5.32 Å². The van der Waals surface area contributed by atoms with Gasteiger partial charge in [0.2, 0.25) is 10.0 Å². The van der Waals surface area contributed by atoms with Crippen LogP contribution in [0.4, 0.5) is 0 Å². The largest absolute Gasteiger partial charge is 0.310 e. The fraction of sp³-hybridized carbons (Fsp3) is 0.714. The van der Waals surface area contributed by atoms with E-state index in [4.69, 9.17) is 0 Å². The van der Waals surface area contributed by atoms with Crippen LogP contribution in [0.2, 0.25) is 0 Å². The molecule has 0 unspecified atom stereocenters. The molecule has 0 aromatic carbocycles. The van der Waals surface area contributed by atoms with Crippen molar-refractivity contribution in [2.75, 3.05) is 6.54 Å². The molecule has 0 radical (unpaired) electrons. The Bertz CT molecular complexity index is 580. The summed E-state index contributed by atoms with van der Waals surface area (Å²) in [7, 11) is -3.38. The van der Waals surface area contributed by atoms with E-state index in [-0.39, 0.29) is 6.04 Å². The fourth-order valence-electron chi connectivity index (χ4n) is 2.17. The van der Waals surface area contributed by atoms with E-state index in [9.17, 15) is 8.42 Å². The van der Waals surface area contributed by atoms with Gasteiger partial charge in [-0.05, 0) is 41.3 Å². The normalized spacial score (nSPS) is 16.1. The summed E-state index contributed by atoms with van der Waals surface area (Å²) in [4.78, 5) is 1.47. The molecule has 1 heterocycles. The molecule has 21 heavy (non-hydrogen) atoms. The Hall–Kier alpha value is 0.0500. The van der Waals surface area contributed by atoms with E-state index in [0.29, 0.717) is 27.8 Å². The first-order chi connectivity index (χ1) is 9.86. The Balaban J connectivity index is 2.22. The van der Waals surface area contributed by atoms with E-state index in [0.717, 1.165) is 24.1 Å². The van der Waals surface area contributed by atoms with Crippen LogP contribution in [0.25, 0.3) is 0 Å². The van der Waals surface area contributed by atoms with E-state index in [1.165, 1.54) is 11.3 Å². The zero-order valence-electron chi connectivity index (χ0n) is 12.7. The van der Waals surface area contributed by atoms with Crippen LogP contribution in [0.5, 0.6) is 0 Å². The molecule has 1 aromatic heterocycles. The van der Waals surface area contributed by atoms with Gasteiger partial charge in [-0.3, -0.25) is 0 Å². The van der Waals surface area contributed by atoms with Gasteiger partial charge in [0.25, 0.3) is 0 Å². The SMILES string of the molecule is CCCN(C1CC1)S(=O)(=O)c1cc(CNC(C)C)sc1Br. The lowest BCUT2D eigenvalue weighted by Crippen LogP contribution is -2.33. The molecule has 120 valence electrons. The maximum Gasteiger partial charge on any atom is 0.245 e. The minimum atomic E-state index is -3.38. The number of nitrogens with one attached hydrogen (secondary N) is 1. The Labute approximate surface area is 140 Å². The second kappa shape index (κ2) is 7.08. The molecule has 0 aliphatic heterocycles. The summed E-state index contributed by atoms with van der Waals surface area (Å²) in [6.07, 6.45) is 2.82. The van der Waals surface area contributed by atoms with Crippen LogP contribution in [-0.2, 0) is 16.6 Å². The van der Waals surface area contributed by atoms with Gasteiger partial charge in [0, 0.05) is 30.1 Å². The van der Waals surface area contributed by atoms with Gasteiger partial charge >= 0.3 is 0 Å². The summed E-state index contributed by atoms with van der Waals surface area (Å²) in [5, 5.41) is 3.32. The zero-order chi connectivity index (χ0) is 15.6. The summed E-state index contributed by atoms with van der Waals surface area (Å²) in [6.45, 7) is 7.49. The van der Waals surface area contributed by atoms with E-state index >= 15 is 0 Å². The minimum Gasteiger partial charge on any atom is -0.310 e. The maximum atomic E-state index is 12.9. The van der Waals surface area contributed by atoms with Crippen molar-refractivity contribution in [1.29, 1.82) is 0 Å².